The van der Waals surface area contributed by atoms with Gasteiger partial charge in [-0.1, -0.05) is 0 Å². The van der Waals surface area contributed by atoms with Gasteiger partial charge in [-0.2, -0.15) is 5.10 Å². The van der Waals surface area contributed by atoms with Crippen molar-refractivity contribution in [3.8, 4) is 5.69 Å². The van der Waals surface area contributed by atoms with Crippen LogP contribution in [0.4, 0.5) is 4.39 Å². The first-order valence-electron chi connectivity index (χ1n) is 8.25. The van der Waals surface area contributed by atoms with E-state index in [-0.39, 0.29) is 24.3 Å². The fourth-order valence-electron chi connectivity index (χ4n) is 2.78. The summed E-state index contributed by atoms with van der Waals surface area (Å²) in [5, 5.41) is 7.10. The number of amides is 1. The zero-order chi connectivity index (χ0) is 19.6. The van der Waals surface area contributed by atoms with Crippen molar-refractivity contribution in [2.75, 3.05) is 0 Å². The summed E-state index contributed by atoms with van der Waals surface area (Å²) in [5.74, 6) is -0.715. The number of hydrogen-bond donors (Lipinski definition) is 2. The summed E-state index contributed by atoms with van der Waals surface area (Å²) in [6.07, 6.45) is 2.90. The number of aromatic nitrogens is 4. The molecule has 0 saturated heterocycles. The first-order valence-corrected chi connectivity index (χ1v) is 8.25. The van der Waals surface area contributed by atoms with Crippen LogP contribution < -0.4 is 16.6 Å². The summed E-state index contributed by atoms with van der Waals surface area (Å²) in [6.45, 7) is 3.43. The van der Waals surface area contributed by atoms with Crippen molar-refractivity contribution in [2.45, 2.75) is 26.4 Å². The molecular formula is C18H18FN5O3. The summed E-state index contributed by atoms with van der Waals surface area (Å²) < 4.78 is 15.9. The molecule has 3 rings (SSSR count). The van der Waals surface area contributed by atoms with Gasteiger partial charge < -0.3 is 5.32 Å². The van der Waals surface area contributed by atoms with E-state index in [0.29, 0.717) is 5.69 Å². The van der Waals surface area contributed by atoms with Gasteiger partial charge in [0.1, 0.15) is 12.4 Å². The second-order valence-electron chi connectivity index (χ2n) is 6.10. The van der Waals surface area contributed by atoms with E-state index in [0.717, 1.165) is 15.8 Å². The number of H-pyrrole nitrogens is 1. The lowest BCUT2D eigenvalue weighted by atomic mass is 10.1. The van der Waals surface area contributed by atoms with Crippen LogP contribution >= 0.6 is 0 Å². The number of benzene rings is 1. The van der Waals surface area contributed by atoms with Gasteiger partial charge in [-0.05, 0) is 38.1 Å². The molecule has 1 amide bonds. The van der Waals surface area contributed by atoms with Crippen molar-refractivity contribution in [3.63, 3.8) is 0 Å². The highest BCUT2D eigenvalue weighted by Gasteiger charge is 2.17. The highest BCUT2D eigenvalue weighted by Crippen LogP contribution is 2.20. The summed E-state index contributed by atoms with van der Waals surface area (Å²) >= 11 is 0. The number of aromatic amines is 1. The molecule has 0 spiro atoms. The molecule has 1 aromatic carbocycles. The minimum Gasteiger partial charge on any atom is -0.348 e. The third kappa shape index (κ3) is 4.02. The van der Waals surface area contributed by atoms with Crippen LogP contribution in [0.1, 0.15) is 24.2 Å². The monoisotopic (exact) mass is 371 g/mol. The molecule has 0 aliphatic rings. The second kappa shape index (κ2) is 7.40. The predicted octanol–water partition coefficient (Wildman–Crippen LogP) is 1.05. The molecule has 0 aliphatic carbocycles. The highest BCUT2D eigenvalue weighted by molar-refractivity contribution is 5.76. The maximum atomic E-state index is 13.1. The average Bonchev–Trinajstić information content (AvgIpc) is 3.00. The molecule has 2 aromatic heterocycles. The van der Waals surface area contributed by atoms with Gasteiger partial charge in [-0.25, -0.2) is 13.9 Å². The summed E-state index contributed by atoms with van der Waals surface area (Å²) in [5.41, 5.74) is 1.13. The smallest absolute Gasteiger partial charge is 0.328 e. The van der Waals surface area contributed by atoms with Gasteiger partial charge in [0.2, 0.25) is 5.91 Å². The molecule has 0 unspecified atom stereocenters. The average molecular weight is 371 g/mol. The van der Waals surface area contributed by atoms with Gasteiger partial charge in [0.25, 0.3) is 5.56 Å². The lowest BCUT2D eigenvalue weighted by molar-refractivity contribution is -0.122. The summed E-state index contributed by atoms with van der Waals surface area (Å²) in [6, 6.07) is 6.75. The van der Waals surface area contributed by atoms with Crippen LogP contribution in [0, 0.1) is 12.7 Å². The van der Waals surface area contributed by atoms with E-state index in [4.69, 9.17) is 0 Å². The first-order chi connectivity index (χ1) is 12.8. The number of carbonyl (C=O) groups excluding carboxylic acids is 1. The Labute approximate surface area is 153 Å². The van der Waals surface area contributed by atoms with Crippen LogP contribution in [0.25, 0.3) is 5.69 Å². The minimum atomic E-state index is -0.648. The fourth-order valence-corrected chi connectivity index (χ4v) is 2.78. The molecule has 2 heterocycles. The number of carbonyl (C=O) groups is 1. The molecule has 0 saturated carbocycles. The standard InChI is InChI=1S/C18H18FN5O3/c1-11(21-17(26)10-23-8-7-16(25)22-18(23)27)15-9-20-24(12(15)2)14-5-3-13(19)4-6-14/h3-9,11H,10H2,1-2H3,(H,21,26)(H,22,25,27)/t11-/m1/s1. The van der Waals surface area contributed by atoms with E-state index in [1.807, 2.05) is 6.92 Å². The van der Waals surface area contributed by atoms with E-state index < -0.39 is 11.2 Å². The van der Waals surface area contributed by atoms with Crippen molar-refractivity contribution < 1.29 is 9.18 Å². The predicted molar refractivity (Wildman–Crippen MR) is 96.1 cm³/mol. The molecule has 1 atom stereocenters. The number of halogens is 1. The van der Waals surface area contributed by atoms with E-state index >= 15 is 0 Å². The first kappa shape index (κ1) is 18.3. The SMILES string of the molecule is Cc1c([C@@H](C)NC(=O)Cn2ccc(=O)[nH]c2=O)cnn1-c1ccc(F)cc1. The maximum absolute atomic E-state index is 13.1. The summed E-state index contributed by atoms with van der Waals surface area (Å²) in [4.78, 5) is 37.0. The number of nitrogens with zero attached hydrogens (tertiary/aromatic N) is 3. The quantitative estimate of drug-likeness (QED) is 0.700. The highest BCUT2D eigenvalue weighted by atomic mass is 19.1. The number of rotatable bonds is 5. The van der Waals surface area contributed by atoms with Gasteiger partial charge in [0.15, 0.2) is 0 Å². The van der Waals surface area contributed by atoms with Crippen LogP contribution in [0.2, 0.25) is 0 Å². The van der Waals surface area contributed by atoms with Crippen LogP contribution in [0.15, 0.2) is 52.3 Å². The van der Waals surface area contributed by atoms with Gasteiger partial charge in [-0.3, -0.25) is 19.1 Å². The second-order valence-corrected chi connectivity index (χ2v) is 6.10. The normalized spacial score (nSPS) is 12.0. The van der Waals surface area contributed by atoms with Crippen LogP contribution in [0.5, 0.6) is 0 Å². The van der Waals surface area contributed by atoms with E-state index in [1.165, 1.54) is 24.4 Å². The Kier molecular flexibility index (Phi) is 5.02. The largest absolute Gasteiger partial charge is 0.348 e. The van der Waals surface area contributed by atoms with Crippen molar-refractivity contribution in [3.05, 3.63) is 80.6 Å². The molecule has 0 radical (unpaired) electrons. The molecular weight excluding hydrogens is 353 g/mol. The molecule has 3 aromatic rings. The Morgan fingerprint density at radius 3 is 2.63 bits per heavy atom. The molecule has 140 valence electrons. The Bertz CT molecular complexity index is 1080. The van der Waals surface area contributed by atoms with Crippen molar-refractivity contribution in [1.82, 2.24) is 24.6 Å². The van der Waals surface area contributed by atoms with Gasteiger partial charge in [-0.15, -0.1) is 0 Å². The Morgan fingerprint density at radius 1 is 1.26 bits per heavy atom. The lowest BCUT2D eigenvalue weighted by Gasteiger charge is -2.14. The fraction of sp³-hybridized carbons (Fsp3) is 0.222. The van der Waals surface area contributed by atoms with Crippen LogP contribution in [-0.4, -0.2) is 25.2 Å². The van der Waals surface area contributed by atoms with Crippen molar-refractivity contribution in [2.24, 2.45) is 0 Å². The zero-order valence-corrected chi connectivity index (χ0v) is 14.8. The van der Waals surface area contributed by atoms with E-state index in [2.05, 4.69) is 15.4 Å². The Hall–Kier alpha value is -3.49. The molecule has 9 heteroatoms. The molecule has 27 heavy (non-hydrogen) atoms. The molecule has 0 aliphatic heterocycles. The van der Waals surface area contributed by atoms with Crippen molar-refractivity contribution in [1.29, 1.82) is 0 Å². The summed E-state index contributed by atoms with van der Waals surface area (Å²) in [7, 11) is 0. The van der Waals surface area contributed by atoms with E-state index in [9.17, 15) is 18.8 Å². The topological polar surface area (TPSA) is 102 Å². The van der Waals surface area contributed by atoms with Gasteiger partial charge in [0.05, 0.1) is 17.9 Å². The molecule has 2 N–H and O–H groups in total. The van der Waals surface area contributed by atoms with E-state index in [1.54, 1.807) is 29.9 Å². The molecule has 8 nitrogen and oxygen atoms in total. The Morgan fingerprint density at radius 2 is 1.96 bits per heavy atom. The molecule has 0 bridgehead atoms. The van der Waals surface area contributed by atoms with Crippen LogP contribution in [0.3, 0.4) is 0 Å². The number of hydrogen-bond acceptors (Lipinski definition) is 4. The molecule has 0 fully saturated rings. The third-order valence-corrected chi connectivity index (χ3v) is 4.17. The lowest BCUT2D eigenvalue weighted by Crippen LogP contribution is -2.36. The van der Waals surface area contributed by atoms with Gasteiger partial charge in [0, 0.05) is 23.5 Å². The zero-order valence-electron chi connectivity index (χ0n) is 14.8. The Balaban J connectivity index is 1.73. The number of nitrogens with one attached hydrogen (secondary N) is 2. The van der Waals surface area contributed by atoms with Gasteiger partial charge >= 0.3 is 5.69 Å². The minimum absolute atomic E-state index is 0.217. The third-order valence-electron chi connectivity index (χ3n) is 4.17. The van der Waals surface area contributed by atoms with Crippen molar-refractivity contribution >= 4 is 5.91 Å². The maximum Gasteiger partial charge on any atom is 0.328 e. The van der Waals surface area contributed by atoms with Crippen LogP contribution in [-0.2, 0) is 11.3 Å².